The molecule has 0 radical (unpaired) electrons. The van der Waals surface area contributed by atoms with E-state index in [1.165, 1.54) is 6.08 Å². The van der Waals surface area contributed by atoms with Crippen molar-refractivity contribution < 1.29 is 19.1 Å². The van der Waals surface area contributed by atoms with E-state index in [0.29, 0.717) is 44.5 Å². The third kappa shape index (κ3) is 7.35. The van der Waals surface area contributed by atoms with E-state index in [1.54, 1.807) is 36.4 Å². The van der Waals surface area contributed by atoms with Crippen molar-refractivity contribution >= 4 is 56.8 Å². The van der Waals surface area contributed by atoms with Gasteiger partial charge < -0.3 is 20.1 Å². The van der Waals surface area contributed by atoms with Crippen LogP contribution in [0.2, 0.25) is 5.02 Å². The fraction of sp³-hybridized carbons (Fsp3) is 0.148. The van der Waals surface area contributed by atoms with Crippen molar-refractivity contribution in [3.05, 3.63) is 86.9 Å². The summed E-state index contributed by atoms with van der Waals surface area (Å²) in [6.45, 7) is 3.86. The fourth-order valence-corrected chi connectivity index (χ4v) is 3.87. The van der Waals surface area contributed by atoms with Crippen LogP contribution in [0, 0.1) is 18.3 Å². The van der Waals surface area contributed by atoms with Crippen LogP contribution in [0.15, 0.2) is 70.7 Å². The molecule has 3 rings (SSSR count). The van der Waals surface area contributed by atoms with Gasteiger partial charge in [0.2, 0.25) is 0 Å². The van der Waals surface area contributed by atoms with Gasteiger partial charge in [0.15, 0.2) is 18.1 Å². The molecule has 0 fully saturated rings. The zero-order chi connectivity index (χ0) is 26.1. The maximum Gasteiger partial charge on any atom is 0.266 e. The lowest BCUT2D eigenvalue weighted by atomic mass is 10.1. The Morgan fingerprint density at radius 1 is 1.08 bits per heavy atom. The Morgan fingerprint density at radius 2 is 1.81 bits per heavy atom. The minimum atomic E-state index is -0.604. The van der Waals surface area contributed by atoms with Crippen molar-refractivity contribution in [2.24, 2.45) is 0 Å². The third-order valence-electron chi connectivity index (χ3n) is 4.81. The SMILES string of the molecule is CCOc1cc(/C=C(\C#N)C(=O)Nc2ccccc2Cl)cc(Br)c1OCC(=O)Nc1ccc(C)cc1. The van der Waals surface area contributed by atoms with Crippen molar-refractivity contribution in [2.45, 2.75) is 13.8 Å². The van der Waals surface area contributed by atoms with Gasteiger partial charge >= 0.3 is 0 Å². The van der Waals surface area contributed by atoms with E-state index >= 15 is 0 Å². The minimum absolute atomic E-state index is 0.129. The number of rotatable bonds is 9. The number of nitrogens with zero attached hydrogens (tertiary/aromatic N) is 1. The Kier molecular flexibility index (Phi) is 9.51. The molecule has 3 aromatic rings. The van der Waals surface area contributed by atoms with Gasteiger partial charge in [-0.3, -0.25) is 9.59 Å². The summed E-state index contributed by atoms with van der Waals surface area (Å²) in [4.78, 5) is 25.0. The largest absolute Gasteiger partial charge is 0.490 e. The molecule has 7 nitrogen and oxygen atoms in total. The molecule has 3 aromatic carbocycles. The van der Waals surface area contributed by atoms with Crippen LogP contribution in [0.4, 0.5) is 11.4 Å². The molecule has 0 aromatic heterocycles. The van der Waals surface area contributed by atoms with Gasteiger partial charge in [-0.1, -0.05) is 41.4 Å². The maximum absolute atomic E-state index is 12.6. The van der Waals surface area contributed by atoms with Crippen molar-refractivity contribution in [1.29, 1.82) is 5.26 Å². The Bertz CT molecular complexity index is 1330. The summed E-state index contributed by atoms with van der Waals surface area (Å²) < 4.78 is 11.9. The van der Waals surface area contributed by atoms with Crippen molar-refractivity contribution in [3.8, 4) is 17.6 Å². The molecule has 0 saturated carbocycles. The van der Waals surface area contributed by atoms with Crippen LogP contribution in [0.5, 0.6) is 11.5 Å². The average Bonchev–Trinajstić information content (AvgIpc) is 2.85. The lowest BCUT2D eigenvalue weighted by Gasteiger charge is -2.15. The molecule has 9 heteroatoms. The number of para-hydroxylation sites is 1. The molecule has 2 amide bonds. The van der Waals surface area contributed by atoms with Crippen molar-refractivity contribution in [1.82, 2.24) is 0 Å². The lowest BCUT2D eigenvalue weighted by molar-refractivity contribution is -0.118. The van der Waals surface area contributed by atoms with Crippen LogP contribution in [0.3, 0.4) is 0 Å². The number of carbonyl (C=O) groups excluding carboxylic acids is 2. The fourth-order valence-electron chi connectivity index (χ4n) is 3.11. The van der Waals surface area contributed by atoms with Crippen LogP contribution < -0.4 is 20.1 Å². The highest BCUT2D eigenvalue weighted by molar-refractivity contribution is 9.10. The summed E-state index contributed by atoms with van der Waals surface area (Å²) in [7, 11) is 0. The number of ether oxygens (including phenoxy) is 2. The van der Waals surface area contributed by atoms with Gasteiger partial charge in [0, 0.05) is 5.69 Å². The van der Waals surface area contributed by atoms with Gasteiger partial charge in [0.1, 0.15) is 11.6 Å². The zero-order valence-electron chi connectivity index (χ0n) is 19.6. The second-order valence-corrected chi connectivity index (χ2v) is 8.83. The Morgan fingerprint density at radius 3 is 2.47 bits per heavy atom. The molecule has 0 unspecified atom stereocenters. The number of aryl methyl sites for hydroxylation is 1. The van der Waals surface area contributed by atoms with Crippen LogP contribution in [-0.4, -0.2) is 25.0 Å². The van der Waals surface area contributed by atoms with Gasteiger partial charge in [-0.25, -0.2) is 0 Å². The lowest BCUT2D eigenvalue weighted by Crippen LogP contribution is -2.20. The third-order valence-corrected chi connectivity index (χ3v) is 5.73. The minimum Gasteiger partial charge on any atom is -0.490 e. The van der Waals surface area contributed by atoms with Crippen molar-refractivity contribution in [2.75, 3.05) is 23.8 Å². The number of amides is 2. The van der Waals surface area contributed by atoms with E-state index in [0.717, 1.165) is 5.56 Å². The molecule has 0 bridgehead atoms. The predicted octanol–water partition coefficient (Wildman–Crippen LogP) is 6.37. The summed E-state index contributed by atoms with van der Waals surface area (Å²) in [6.07, 6.45) is 1.42. The highest BCUT2D eigenvalue weighted by Crippen LogP contribution is 2.37. The van der Waals surface area contributed by atoms with E-state index in [-0.39, 0.29) is 18.1 Å². The first kappa shape index (κ1) is 26.8. The second kappa shape index (κ2) is 12.8. The number of nitrogens with one attached hydrogen (secondary N) is 2. The molecule has 0 aliphatic carbocycles. The van der Waals surface area contributed by atoms with Gasteiger partial charge in [-0.15, -0.1) is 0 Å². The number of benzene rings is 3. The summed E-state index contributed by atoms with van der Waals surface area (Å²) in [5.74, 6) is -0.259. The van der Waals surface area contributed by atoms with Crippen LogP contribution in [0.1, 0.15) is 18.1 Å². The monoisotopic (exact) mass is 567 g/mol. The number of hydrogen-bond acceptors (Lipinski definition) is 5. The quantitative estimate of drug-likeness (QED) is 0.231. The number of halogens is 2. The Hall–Kier alpha value is -3.80. The Balaban J connectivity index is 1.77. The molecule has 0 atom stereocenters. The van der Waals surface area contributed by atoms with E-state index in [1.807, 2.05) is 44.2 Å². The molecular weight excluding hydrogens is 546 g/mol. The summed E-state index contributed by atoms with van der Waals surface area (Å²) in [6, 6.07) is 19.4. The van der Waals surface area contributed by atoms with Gasteiger partial charge in [-0.2, -0.15) is 5.26 Å². The Labute approximate surface area is 222 Å². The number of hydrogen-bond donors (Lipinski definition) is 2. The maximum atomic E-state index is 12.6. The zero-order valence-corrected chi connectivity index (χ0v) is 21.9. The van der Waals surface area contributed by atoms with E-state index in [4.69, 9.17) is 21.1 Å². The standard InChI is InChI=1S/C27H23BrClN3O4/c1-3-35-24-14-18(12-19(15-30)27(34)32-23-7-5-4-6-22(23)29)13-21(28)26(24)36-16-25(33)31-20-10-8-17(2)9-11-20/h4-14H,3,16H2,1-2H3,(H,31,33)(H,32,34)/b19-12+. The first-order valence-electron chi connectivity index (χ1n) is 10.9. The summed E-state index contributed by atoms with van der Waals surface area (Å²) >= 11 is 9.53. The van der Waals surface area contributed by atoms with E-state index in [2.05, 4.69) is 26.6 Å². The van der Waals surface area contributed by atoms with Crippen LogP contribution in [0.25, 0.3) is 6.08 Å². The van der Waals surface area contributed by atoms with E-state index in [9.17, 15) is 14.9 Å². The normalized spacial score (nSPS) is 10.8. The highest BCUT2D eigenvalue weighted by atomic mass is 79.9. The van der Waals surface area contributed by atoms with Gasteiger partial charge in [0.05, 0.1) is 21.8 Å². The predicted molar refractivity (Wildman–Crippen MR) is 144 cm³/mol. The number of anilines is 2. The summed E-state index contributed by atoms with van der Waals surface area (Å²) in [5, 5.41) is 15.3. The molecule has 0 aliphatic rings. The van der Waals surface area contributed by atoms with Crippen molar-refractivity contribution in [3.63, 3.8) is 0 Å². The highest BCUT2D eigenvalue weighted by Gasteiger charge is 2.16. The average molecular weight is 569 g/mol. The van der Waals surface area contributed by atoms with E-state index < -0.39 is 5.91 Å². The van der Waals surface area contributed by atoms with Gasteiger partial charge in [0.25, 0.3) is 11.8 Å². The smallest absolute Gasteiger partial charge is 0.266 e. The molecule has 0 heterocycles. The molecule has 36 heavy (non-hydrogen) atoms. The topological polar surface area (TPSA) is 100 Å². The number of nitriles is 1. The number of carbonyl (C=O) groups is 2. The first-order valence-corrected chi connectivity index (χ1v) is 12.1. The molecule has 0 spiro atoms. The second-order valence-electron chi connectivity index (χ2n) is 7.57. The molecular formula is C27H23BrClN3O4. The summed E-state index contributed by atoms with van der Waals surface area (Å²) in [5.41, 5.74) is 2.54. The molecule has 0 aliphatic heterocycles. The first-order chi connectivity index (χ1) is 17.3. The van der Waals surface area contributed by atoms with Crippen LogP contribution >= 0.6 is 27.5 Å². The molecule has 2 N–H and O–H groups in total. The molecule has 0 saturated heterocycles. The van der Waals surface area contributed by atoms with Gasteiger partial charge in [-0.05, 0) is 77.8 Å². The molecule has 184 valence electrons. The van der Waals surface area contributed by atoms with Crippen LogP contribution in [-0.2, 0) is 9.59 Å².